The summed E-state index contributed by atoms with van der Waals surface area (Å²) in [6, 6.07) is 9.28. The van der Waals surface area contributed by atoms with Crippen LogP contribution in [0.2, 0.25) is 5.02 Å². The van der Waals surface area contributed by atoms with Gasteiger partial charge >= 0.3 is 6.03 Å². The van der Waals surface area contributed by atoms with Gasteiger partial charge in [0.2, 0.25) is 0 Å². The molecule has 1 aromatic heterocycles. The lowest BCUT2D eigenvalue weighted by Crippen LogP contribution is -2.41. The molecule has 3 rings (SSSR count). The highest BCUT2D eigenvalue weighted by molar-refractivity contribution is 6.30. The van der Waals surface area contributed by atoms with E-state index in [2.05, 4.69) is 28.1 Å². The second-order valence-electron chi connectivity index (χ2n) is 6.48. The van der Waals surface area contributed by atoms with E-state index in [1.54, 1.807) is 12.1 Å². The van der Waals surface area contributed by atoms with Crippen molar-refractivity contribution in [1.82, 2.24) is 14.7 Å². The summed E-state index contributed by atoms with van der Waals surface area (Å²) in [5.74, 6) is 0.568. The molecular formula is C18H23ClN4O. The van der Waals surface area contributed by atoms with Gasteiger partial charge < -0.3 is 10.2 Å². The fraction of sp³-hybridized carbons (Fsp3) is 0.444. The number of hydrogen-bond acceptors (Lipinski definition) is 2. The second-order valence-corrected chi connectivity index (χ2v) is 6.92. The van der Waals surface area contributed by atoms with Crippen LogP contribution in [0, 0.1) is 19.8 Å². The lowest BCUT2D eigenvalue weighted by atomic mass is 9.97. The largest absolute Gasteiger partial charge is 0.325 e. The number of nitrogens with one attached hydrogen (secondary N) is 1. The van der Waals surface area contributed by atoms with Crippen molar-refractivity contribution in [2.75, 3.05) is 18.4 Å². The summed E-state index contributed by atoms with van der Waals surface area (Å²) in [5.41, 5.74) is 3.00. The minimum absolute atomic E-state index is 0.0539. The van der Waals surface area contributed by atoms with Crippen molar-refractivity contribution in [2.24, 2.45) is 5.92 Å². The molecule has 0 aliphatic carbocycles. The minimum Gasteiger partial charge on any atom is -0.325 e. The summed E-state index contributed by atoms with van der Waals surface area (Å²) in [7, 11) is 0. The maximum absolute atomic E-state index is 12.4. The van der Waals surface area contributed by atoms with E-state index >= 15 is 0 Å². The molecule has 1 aliphatic heterocycles. The van der Waals surface area contributed by atoms with Crippen LogP contribution in [-0.2, 0) is 6.54 Å². The molecule has 1 fully saturated rings. The Morgan fingerprint density at radius 1 is 1.29 bits per heavy atom. The number of amides is 2. The molecule has 0 unspecified atom stereocenters. The van der Waals surface area contributed by atoms with Crippen LogP contribution in [0.5, 0.6) is 0 Å². The van der Waals surface area contributed by atoms with Crippen molar-refractivity contribution in [3.63, 3.8) is 0 Å². The fourth-order valence-corrected chi connectivity index (χ4v) is 3.38. The van der Waals surface area contributed by atoms with Gasteiger partial charge in [-0.1, -0.05) is 17.7 Å². The van der Waals surface area contributed by atoms with Gasteiger partial charge in [0.15, 0.2) is 0 Å². The molecule has 24 heavy (non-hydrogen) atoms. The molecule has 2 aromatic rings. The van der Waals surface area contributed by atoms with Gasteiger partial charge in [-0.25, -0.2) is 4.79 Å². The van der Waals surface area contributed by atoms with Crippen LogP contribution >= 0.6 is 11.6 Å². The first kappa shape index (κ1) is 16.8. The van der Waals surface area contributed by atoms with Gasteiger partial charge in [-0.15, -0.1) is 0 Å². The predicted molar refractivity (Wildman–Crippen MR) is 96.5 cm³/mol. The van der Waals surface area contributed by atoms with Crippen LogP contribution in [-0.4, -0.2) is 33.8 Å². The molecule has 2 heterocycles. The number of hydrogen-bond donors (Lipinski definition) is 1. The molecule has 1 saturated heterocycles. The van der Waals surface area contributed by atoms with E-state index in [0.717, 1.165) is 43.9 Å². The summed E-state index contributed by atoms with van der Waals surface area (Å²) in [4.78, 5) is 14.2. The number of carbonyl (C=O) groups excluding carboxylic acids is 1. The van der Waals surface area contributed by atoms with Crippen molar-refractivity contribution in [2.45, 2.75) is 33.2 Å². The molecule has 0 atom stereocenters. The van der Waals surface area contributed by atoms with E-state index < -0.39 is 0 Å². The Hall–Kier alpha value is -2.01. The Balaban J connectivity index is 1.51. The summed E-state index contributed by atoms with van der Waals surface area (Å²) >= 11 is 5.95. The third kappa shape index (κ3) is 4.09. The van der Waals surface area contributed by atoms with Gasteiger partial charge in [0.05, 0.1) is 5.69 Å². The monoisotopic (exact) mass is 346 g/mol. The Morgan fingerprint density at radius 3 is 2.67 bits per heavy atom. The highest BCUT2D eigenvalue weighted by Crippen LogP contribution is 2.21. The number of anilines is 1. The van der Waals surface area contributed by atoms with Crippen molar-refractivity contribution >= 4 is 23.3 Å². The second kappa shape index (κ2) is 7.26. The number of benzene rings is 1. The SMILES string of the molecule is Cc1cc(C)n(CC2CCN(C(=O)Nc3cccc(Cl)c3)CC2)n1. The minimum atomic E-state index is -0.0539. The van der Waals surface area contributed by atoms with E-state index in [1.807, 2.05) is 24.0 Å². The van der Waals surface area contributed by atoms with Crippen molar-refractivity contribution in [1.29, 1.82) is 0 Å². The number of rotatable bonds is 3. The van der Waals surface area contributed by atoms with Crippen molar-refractivity contribution in [3.05, 3.63) is 46.7 Å². The van der Waals surface area contributed by atoms with Crippen molar-refractivity contribution in [3.8, 4) is 0 Å². The number of halogens is 1. The molecule has 1 aliphatic rings. The lowest BCUT2D eigenvalue weighted by molar-refractivity contribution is 0.175. The predicted octanol–water partition coefficient (Wildman–Crippen LogP) is 4.10. The van der Waals surface area contributed by atoms with Crippen molar-refractivity contribution < 1.29 is 4.79 Å². The zero-order valence-corrected chi connectivity index (χ0v) is 14.9. The number of piperidine rings is 1. The first-order valence-corrected chi connectivity index (χ1v) is 8.71. The topological polar surface area (TPSA) is 50.2 Å². The smallest absolute Gasteiger partial charge is 0.321 e. The number of carbonyl (C=O) groups is 1. The molecule has 1 N–H and O–H groups in total. The zero-order valence-electron chi connectivity index (χ0n) is 14.1. The van der Waals surface area contributed by atoms with Crippen LogP contribution in [0.3, 0.4) is 0 Å². The maximum Gasteiger partial charge on any atom is 0.321 e. The van der Waals surface area contributed by atoms with Gasteiger partial charge in [0.25, 0.3) is 0 Å². The third-order valence-corrected chi connectivity index (χ3v) is 4.75. The molecule has 2 amide bonds. The first-order valence-electron chi connectivity index (χ1n) is 8.34. The highest BCUT2D eigenvalue weighted by atomic mass is 35.5. The average molecular weight is 347 g/mol. The summed E-state index contributed by atoms with van der Waals surface area (Å²) in [5, 5.41) is 8.07. The van der Waals surface area contributed by atoms with Gasteiger partial charge in [-0.3, -0.25) is 4.68 Å². The molecule has 0 spiro atoms. The molecule has 128 valence electrons. The van der Waals surface area contributed by atoms with Crippen LogP contribution in [0.4, 0.5) is 10.5 Å². The standard InChI is InChI=1S/C18H23ClN4O/c1-13-10-14(2)23(21-13)12-15-6-8-22(9-7-15)18(24)20-17-5-3-4-16(19)11-17/h3-5,10-11,15H,6-9,12H2,1-2H3,(H,20,24). The molecular weight excluding hydrogens is 324 g/mol. The summed E-state index contributed by atoms with van der Waals surface area (Å²) in [6.07, 6.45) is 2.00. The number of likely N-dealkylation sites (tertiary alicyclic amines) is 1. The van der Waals surface area contributed by atoms with E-state index in [4.69, 9.17) is 11.6 Å². The molecule has 0 bridgehead atoms. The Labute approximate surface area is 147 Å². The normalized spacial score (nSPS) is 15.5. The van der Waals surface area contributed by atoms with Gasteiger partial charge in [-0.05, 0) is 56.9 Å². The lowest BCUT2D eigenvalue weighted by Gasteiger charge is -2.32. The van der Waals surface area contributed by atoms with Crippen LogP contribution < -0.4 is 5.32 Å². The van der Waals surface area contributed by atoms with E-state index in [9.17, 15) is 4.79 Å². The molecule has 0 radical (unpaired) electrons. The van der Waals surface area contributed by atoms with Crippen LogP contribution in [0.15, 0.2) is 30.3 Å². The Morgan fingerprint density at radius 2 is 2.04 bits per heavy atom. The maximum atomic E-state index is 12.4. The Bertz CT molecular complexity index is 720. The van der Waals surface area contributed by atoms with Crippen LogP contribution in [0.25, 0.3) is 0 Å². The zero-order chi connectivity index (χ0) is 17.1. The fourth-order valence-electron chi connectivity index (χ4n) is 3.19. The summed E-state index contributed by atoms with van der Waals surface area (Å²) < 4.78 is 2.09. The number of aromatic nitrogens is 2. The third-order valence-electron chi connectivity index (χ3n) is 4.51. The average Bonchev–Trinajstić information content (AvgIpc) is 2.85. The van der Waals surface area contributed by atoms with Gasteiger partial charge in [0.1, 0.15) is 0 Å². The number of aryl methyl sites for hydroxylation is 2. The van der Waals surface area contributed by atoms with Gasteiger partial charge in [0, 0.05) is 36.0 Å². The highest BCUT2D eigenvalue weighted by Gasteiger charge is 2.23. The quantitative estimate of drug-likeness (QED) is 0.909. The van der Waals surface area contributed by atoms with Crippen LogP contribution in [0.1, 0.15) is 24.2 Å². The molecule has 0 saturated carbocycles. The number of nitrogens with zero attached hydrogens (tertiary/aromatic N) is 3. The van der Waals surface area contributed by atoms with E-state index in [1.165, 1.54) is 5.69 Å². The Kier molecular flexibility index (Phi) is 5.09. The van der Waals surface area contributed by atoms with Gasteiger partial charge in [-0.2, -0.15) is 5.10 Å². The van der Waals surface area contributed by atoms with E-state index in [0.29, 0.717) is 10.9 Å². The molecule has 5 nitrogen and oxygen atoms in total. The van der Waals surface area contributed by atoms with E-state index in [-0.39, 0.29) is 6.03 Å². The summed E-state index contributed by atoms with van der Waals surface area (Å²) in [6.45, 7) is 6.59. The molecule has 6 heteroatoms. The molecule has 1 aromatic carbocycles. The number of urea groups is 1. The first-order chi connectivity index (χ1) is 11.5.